The average Bonchev–Trinajstić information content (AvgIpc) is 3.10. The first-order valence-electron chi connectivity index (χ1n) is 7.60. The van der Waals surface area contributed by atoms with Crippen LogP contribution in [0.5, 0.6) is 0 Å². The van der Waals surface area contributed by atoms with E-state index < -0.39 is 16.3 Å². The number of nitro groups is 1. The van der Waals surface area contributed by atoms with Gasteiger partial charge in [0.05, 0.1) is 16.2 Å². The fourth-order valence-corrected chi connectivity index (χ4v) is 2.73. The Kier molecular flexibility index (Phi) is 3.78. The molecule has 0 bridgehead atoms. The molecule has 1 saturated heterocycles. The minimum absolute atomic E-state index is 0.00267. The van der Waals surface area contributed by atoms with Crippen molar-refractivity contribution in [2.24, 2.45) is 5.41 Å². The molecular weight excluding hydrogens is 328 g/mol. The van der Waals surface area contributed by atoms with Crippen LogP contribution in [-0.4, -0.2) is 38.2 Å². The molecule has 25 heavy (non-hydrogen) atoms. The van der Waals surface area contributed by atoms with Gasteiger partial charge in [0, 0.05) is 12.0 Å². The maximum atomic E-state index is 12.5. The summed E-state index contributed by atoms with van der Waals surface area (Å²) in [6.07, 6.45) is 1.81. The number of hydrogen-bond donors (Lipinski definition) is 1. The van der Waals surface area contributed by atoms with E-state index in [0.29, 0.717) is 18.7 Å². The van der Waals surface area contributed by atoms with Gasteiger partial charge in [-0.2, -0.15) is 0 Å². The summed E-state index contributed by atoms with van der Waals surface area (Å²) < 4.78 is 1.28. The molecule has 0 aliphatic carbocycles. The summed E-state index contributed by atoms with van der Waals surface area (Å²) in [5.74, 6) is -1.27. The number of benzene rings is 1. The van der Waals surface area contributed by atoms with E-state index in [-0.39, 0.29) is 23.0 Å². The Hall–Kier alpha value is -3.23. The van der Waals surface area contributed by atoms with E-state index in [9.17, 15) is 19.7 Å². The van der Waals surface area contributed by atoms with Gasteiger partial charge in [-0.05, 0) is 30.7 Å². The predicted octanol–water partition coefficient (Wildman–Crippen LogP) is 2.24. The second kappa shape index (κ2) is 5.69. The van der Waals surface area contributed by atoms with Gasteiger partial charge in [0.15, 0.2) is 0 Å². The lowest BCUT2D eigenvalue weighted by Crippen LogP contribution is -2.31. The smallest absolute Gasteiger partial charge is 0.335 e. The number of hydrogen-bond acceptors (Lipinski definition) is 5. The Labute approximate surface area is 142 Å². The number of carbonyl (C=O) groups excluding carboxylic acids is 1. The normalized spacial score (nSPS) is 16.2. The molecule has 2 aromatic rings. The van der Waals surface area contributed by atoms with Crippen LogP contribution in [0, 0.1) is 15.5 Å². The van der Waals surface area contributed by atoms with E-state index in [1.807, 2.05) is 0 Å². The number of aromatic nitrogens is 2. The number of carbonyl (C=O) groups is 2. The number of carboxylic acid groups (broad SMARTS) is 1. The van der Waals surface area contributed by atoms with E-state index in [1.165, 1.54) is 40.0 Å². The van der Waals surface area contributed by atoms with Gasteiger partial charge in [-0.3, -0.25) is 19.8 Å². The number of amides is 1. The SMILES string of the molecule is CC1(C)CCN(c2nn(-c3ccc(C(=O)O)cc3)cc2[N+](=O)[O-])C1=O. The van der Waals surface area contributed by atoms with Crippen molar-refractivity contribution in [3.63, 3.8) is 0 Å². The highest BCUT2D eigenvalue weighted by Gasteiger charge is 2.43. The van der Waals surface area contributed by atoms with Crippen molar-refractivity contribution in [3.8, 4) is 5.69 Å². The third-order valence-electron chi connectivity index (χ3n) is 4.29. The highest BCUT2D eigenvalue weighted by atomic mass is 16.6. The van der Waals surface area contributed by atoms with Crippen LogP contribution in [0.4, 0.5) is 11.5 Å². The Balaban J connectivity index is 2.02. The maximum Gasteiger partial charge on any atom is 0.335 e. The molecule has 0 atom stereocenters. The summed E-state index contributed by atoms with van der Waals surface area (Å²) >= 11 is 0. The summed E-state index contributed by atoms with van der Waals surface area (Å²) in [6.45, 7) is 3.95. The van der Waals surface area contributed by atoms with Crippen LogP contribution in [0.25, 0.3) is 5.69 Å². The molecule has 1 aliphatic heterocycles. The van der Waals surface area contributed by atoms with Crippen molar-refractivity contribution >= 4 is 23.4 Å². The molecule has 1 aromatic heterocycles. The van der Waals surface area contributed by atoms with Gasteiger partial charge in [0.1, 0.15) is 6.20 Å². The third kappa shape index (κ3) is 2.84. The predicted molar refractivity (Wildman–Crippen MR) is 87.9 cm³/mol. The van der Waals surface area contributed by atoms with E-state index in [2.05, 4.69) is 5.10 Å². The second-order valence-corrected chi connectivity index (χ2v) is 6.48. The lowest BCUT2D eigenvalue weighted by atomic mass is 9.92. The monoisotopic (exact) mass is 344 g/mol. The third-order valence-corrected chi connectivity index (χ3v) is 4.29. The number of rotatable bonds is 4. The minimum Gasteiger partial charge on any atom is -0.478 e. The van der Waals surface area contributed by atoms with Crippen molar-refractivity contribution in [1.82, 2.24) is 9.78 Å². The molecule has 9 heteroatoms. The molecular formula is C16H16N4O5. The molecule has 1 aromatic carbocycles. The van der Waals surface area contributed by atoms with Crippen LogP contribution < -0.4 is 4.90 Å². The van der Waals surface area contributed by atoms with Crippen molar-refractivity contribution in [3.05, 3.63) is 46.1 Å². The fourth-order valence-electron chi connectivity index (χ4n) is 2.73. The second-order valence-electron chi connectivity index (χ2n) is 6.48. The van der Waals surface area contributed by atoms with E-state index in [1.54, 1.807) is 13.8 Å². The maximum absolute atomic E-state index is 12.5. The Morgan fingerprint density at radius 1 is 1.32 bits per heavy atom. The van der Waals surface area contributed by atoms with Gasteiger partial charge < -0.3 is 5.11 Å². The average molecular weight is 344 g/mol. The van der Waals surface area contributed by atoms with Crippen molar-refractivity contribution in [2.45, 2.75) is 20.3 Å². The van der Waals surface area contributed by atoms with Crippen LogP contribution in [0.3, 0.4) is 0 Å². The van der Waals surface area contributed by atoms with Gasteiger partial charge in [-0.1, -0.05) is 13.8 Å². The molecule has 0 radical (unpaired) electrons. The lowest BCUT2D eigenvalue weighted by Gasteiger charge is -2.16. The summed E-state index contributed by atoms with van der Waals surface area (Å²) in [4.78, 5) is 35.5. The van der Waals surface area contributed by atoms with Gasteiger partial charge >= 0.3 is 11.7 Å². The van der Waals surface area contributed by atoms with Gasteiger partial charge in [-0.15, -0.1) is 5.10 Å². The first-order chi connectivity index (χ1) is 11.7. The molecule has 1 fully saturated rings. The molecule has 1 amide bonds. The Morgan fingerprint density at radius 2 is 1.96 bits per heavy atom. The van der Waals surface area contributed by atoms with Gasteiger partial charge in [0.2, 0.25) is 11.7 Å². The molecule has 0 saturated carbocycles. The molecule has 1 aliphatic rings. The zero-order chi connectivity index (χ0) is 18.4. The largest absolute Gasteiger partial charge is 0.478 e. The summed E-state index contributed by atoms with van der Waals surface area (Å²) in [5.41, 5.74) is -0.290. The topological polar surface area (TPSA) is 119 Å². The van der Waals surface area contributed by atoms with Crippen molar-refractivity contribution < 1.29 is 19.6 Å². The number of anilines is 1. The first kappa shape index (κ1) is 16.6. The van der Waals surface area contributed by atoms with Crippen LogP contribution >= 0.6 is 0 Å². The molecule has 0 spiro atoms. The Morgan fingerprint density at radius 3 is 2.44 bits per heavy atom. The summed E-state index contributed by atoms with van der Waals surface area (Å²) in [6, 6.07) is 5.77. The molecule has 1 N–H and O–H groups in total. The standard InChI is InChI=1S/C16H16N4O5/c1-16(2)7-8-18(15(16)23)13-12(20(24)25)9-19(17-13)11-5-3-10(4-6-11)14(21)22/h3-6,9H,7-8H2,1-2H3,(H,21,22). The molecule has 130 valence electrons. The van der Waals surface area contributed by atoms with Crippen LogP contribution in [-0.2, 0) is 4.79 Å². The van der Waals surface area contributed by atoms with Crippen LogP contribution in [0.15, 0.2) is 30.5 Å². The quantitative estimate of drug-likeness (QED) is 0.671. The van der Waals surface area contributed by atoms with Crippen molar-refractivity contribution in [1.29, 1.82) is 0 Å². The summed E-state index contributed by atoms with van der Waals surface area (Å²) in [5, 5.41) is 24.5. The highest BCUT2D eigenvalue weighted by Crippen LogP contribution is 2.37. The van der Waals surface area contributed by atoms with E-state index in [0.717, 1.165) is 0 Å². The van der Waals surface area contributed by atoms with Gasteiger partial charge in [-0.25, -0.2) is 9.48 Å². The van der Waals surface area contributed by atoms with E-state index in [4.69, 9.17) is 5.11 Å². The highest BCUT2D eigenvalue weighted by molar-refractivity contribution is 6.00. The first-order valence-corrected chi connectivity index (χ1v) is 7.60. The molecule has 9 nitrogen and oxygen atoms in total. The zero-order valence-electron chi connectivity index (χ0n) is 13.7. The van der Waals surface area contributed by atoms with E-state index >= 15 is 0 Å². The number of nitrogens with zero attached hydrogens (tertiary/aromatic N) is 4. The minimum atomic E-state index is -1.07. The van der Waals surface area contributed by atoms with Crippen LogP contribution in [0.1, 0.15) is 30.6 Å². The zero-order valence-corrected chi connectivity index (χ0v) is 13.7. The number of aromatic carboxylic acids is 1. The summed E-state index contributed by atoms with van der Waals surface area (Å²) in [7, 11) is 0. The lowest BCUT2D eigenvalue weighted by molar-refractivity contribution is -0.384. The molecule has 3 rings (SSSR count). The molecule has 2 heterocycles. The number of carboxylic acids is 1. The van der Waals surface area contributed by atoms with Gasteiger partial charge in [0.25, 0.3) is 0 Å². The van der Waals surface area contributed by atoms with Crippen molar-refractivity contribution in [2.75, 3.05) is 11.4 Å². The van der Waals surface area contributed by atoms with Crippen LogP contribution in [0.2, 0.25) is 0 Å². The fraction of sp³-hybridized carbons (Fsp3) is 0.312. The Bertz CT molecular complexity index is 869. The molecule has 0 unspecified atom stereocenters.